The first-order valence-corrected chi connectivity index (χ1v) is 7.92. The molecule has 0 aromatic carbocycles. The second-order valence-corrected chi connectivity index (χ2v) is 5.64. The van der Waals surface area contributed by atoms with Gasteiger partial charge in [-0.3, -0.25) is 10.4 Å². The molecule has 0 aliphatic heterocycles. The predicted molar refractivity (Wildman–Crippen MR) is 88.7 cm³/mol. The van der Waals surface area contributed by atoms with Crippen LogP contribution in [0, 0.1) is 5.92 Å². The summed E-state index contributed by atoms with van der Waals surface area (Å²) in [7, 11) is 0. The maximum absolute atomic E-state index is 12.2. The van der Waals surface area contributed by atoms with Crippen molar-refractivity contribution in [3.8, 4) is 0 Å². The van der Waals surface area contributed by atoms with Crippen molar-refractivity contribution in [1.82, 2.24) is 30.5 Å². The molecule has 0 radical (unpaired) electrons. The SMILES string of the molecule is CCOC(=O)c1n[nH]c([C@@H](CC(C)C)NC(=O)Nc2ccncn2)n1. The number of anilines is 1. The van der Waals surface area contributed by atoms with E-state index in [1.165, 1.54) is 12.5 Å². The number of esters is 1. The van der Waals surface area contributed by atoms with Crippen LogP contribution in [0.2, 0.25) is 0 Å². The van der Waals surface area contributed by atoms with E-state index < -0.39 is 18.0 Å². The largest absolute Gasteiger partial charge is 0.460 e. The minimum atomic E-state index is -0.612. The van der Waals surface area contributed by atoms with Gasteiger partial charge in [-0.2, -0.15) is 0 Å². The predicted octanol–water partition coefficient (Wildman–Crippen LogP) is 1.68. The molecule has 0 spiro atoms. The van der Waals surface area contributed by atoms with Crippen LogP contribution in [0.25, 0.3) is 0 Å². The van der Waals surface area contributed by atoms with Crippen molar-refractivity contribution in [1.29, 1.82) is 0 Å². The molecule has 2 aromatic heterocycles. The Kier molecular flexibility index (Phi) is 6.38. The van der Waals surface area contributed by atoms with Gasteiger partial charge in [-0.05, 0) is 25.3 Å². The summed E-state index contributed by atoms with van der Waals surface area (Å²) in [5, 5.41) is 12.0. The third-order valence-corrected chi connectivity index (χ3v) is 3.13. The molecular weight excluding hydrogens is 326 g/mol. The lowest BCUT2D eigenvalue weighted by molar-refractivity contribution is 0.0512. The fourth-order valence-electron chi connectivity index (χ4n) is 2.10. The third kappa shape index (κ3) is 5.52. The summed E-state index contributed by atoms with van der Waals surface area (Å²) < 4.78 is 4.86. The number of ether oxygens (including phenoxy) is 1. The van der Waals surface area contributed by atoms with E-state index in [9.17, 15) is 9.59 Å². The van der Waals surface area contributed by atoms with Crippen molar-refractivity contribution in [3.63, 3.8) is 0 Å². The van der Waals surface area contributed by atoms with Crippen LogP contribution in [0.15, 0.2) is 18.6 Å². The van der Waals surface area contributed by atoms with Gasteiger partial charge in [0.25, 0.3) is 5.82 Å². The van der Waals surface area contributed by atoms with E-state index in [-0.39, 0.29) is 18.3 Å². The second kappa shape index (κ2) is 8.71. The number of carbonyl (C=O) groups excluding carboxylic acids is 2. The number of amides is 2. The highest BCUT2D eigenvalue weighted by molar-refractivity contribution is 5.88. The van der Waals surface area contributed by atoms with Gasteiger partial charge < -0.3 is 10.1 Å². The number of nitrogens with one attached hydrogen (secondary N) is 3. The Balaban J connectivity index is 2.08. The standard InChI is InChI=1S/C15H21N7O3/c1-4-25-14(23)13-20-12(21-22-13)10(7-9(2)3)18-15(24)19-11-5-6-16-8-17-11/h5-6,8-10H,4,7H2,1-3H3,(H,20,21,22)(H2,16,17,18,19,24)/t10-/m1/s1. The van der Waals surface area contributed by atoms with Gasteiger partial charge in [0.1, 0.15) is 18.0 Å². The van der Waals surface area contributed by atoms with E-state index in [1.54, 1.807) is 13.0 Å². The lowest BCUT2D eigenvalue weighted by atomic mass is 10.0. The zero-order valence-electron chi connectivity index (χ0n) is 14.3. The Hall–Kier alpha value is -3.04. The highest BCUT2D eigenvalue weighted by Crippen LogP contribution is 2.18. The summed E-state index contributed by atoms with van der Waals surface area (Å²) in [6, 6.07) is 0.681. The van der Waals surface area contributed by atoms with Crippen LogP contribution >= 0.6 is 0 Å². The zero-order valence-corrected chi connectivity index (χ0v) is 14.3. The number of aromatic amines is 1. The van der Waals surface area contributed by atoms with Crippen LogP contribution in [0.1, 0.15) is 49.7 Å². The smallest absolute Gasteiger partial charge is 0.378 e. The monoisotopic (exact) mass is 347 g/mol. The van der Waals surface area contributed by atoms with Gasteiger partial charge in [0.05, 0.1) is 12.6 Å². The molecule has 0 aliphatic carbocycles. The first kappa shape index (κ1) is 18.3. The van der Waals surface area contributed by atoms with Crippen LogP contribution in [-0.4, -0.2) is 43.8 Å². The fraction of sp³-hybridized carbons (Fsp3) is 0.467. The van der Waals surface area contributed by atoms with E-state index in [2.05, 4.69) is 35.8 Å². The zero-order chi connectivity index (χ0) is 18.2. The van der Waals surface area contributed by atoms with Crippen LogP contribution in [-0.2, 0) is 4.74 Å². The van der Waals surface area contributed by atoms with Crippen LogP contribution in [0.4, 0.5) is 10.6 Å². The number of rotatable bonds is 7. The molecule has 0 fully saturated rings. The average molecular weight is 347 g/mol. The molecule has 1 atom stereocenters. The summed E-state index contributed by atoms with van der Waals surface area (Å²) in [4.78, 5) is 35.7. The minimum absolute atomic E-state index is 0.0661. The van der Waals surface area contributed by atoms with Crippen molar-refractivity contribution in [2.45, 2.75) is 33.2 Å². The number of urea groups is 1. The van der Waals surface area contributed by atoms with E-state index in [0.717, 1.165) is 0 Å². The van der Waals surface area contributed by atoms with E-state index in [1.807, 2.05) is 13.8 Å². The Bertz CT molecular complexity index is 702. The number of aromatic nitrogens is 5. The molecule has 10 nitrogen and oxygen atoms in total. The highest BCUT2D eigenvalue weighted by atomic mass is 16.5. The topological polar surface area (TPSA) is 135 Å². The first-order chi connectivity index (χ1) is 12.0. The molecule has 10 heteroatoms. The van der Waals surface area contributed by atoms with Gasteiger partial charge in [0.15, 0.2) is 0 Å². The molecule has 0 saturated carbocycles. The molecule has 0 saturated heterocycles. The maximum Gasteiger partial charge on any atom is 0.378 e. The molecule has 2 rings (SSSR count). The molecule has 2 amide bonds. The normalized spacial score (nSPS) is 11.8. The van der Waals surface area contributed by atoms with Gasteiger partial charge in [-0.25, -0.2) is 24.5 Å². The molecule has 0 bridgehead atoms. The number of nitrogens with zero attached hydrogens (tertiary/aromatic N) is 4. The van der Waals surface area contributed by atoms with Gasteiger partial charge in [-0.15, -0.1) is 5.10 Å². The molecule has 134 valence electrons. The van der Waals surface area contributed by atoms with E-state index in [0.29, 0.717) is 18.1 Å². The number of hydrogen-bond donors (Lipinski definition) is 3. The quantitative estimate of drug-likeness (QED) is 0.648. The Morgan fingerprint density at radius 3 is 2.80 bits per heavy atom. The second-order valence-electron chi connectivity index (χ2n) is 5.64. The summed E-state index contributed by atoms with van der Waals surface area (Å²) in [6.45, 7) is 5.96. The Morgan fingerprint density at radius 2 is 2.16 bits per heavy atom. The summed E-state index contributed by atoms with van der Waals surface area (Å²) >= 11 is 0. The van der Waals surface area contributed by atoms with Crippen LogP contribution < -0.4 is 10.6 Å². The molecule has 2 heterocycles. The van der Waals surface area contributed by atoms with Crippen molar-refractivity contribution in [2.24, 2.45) is 5.92 Å². The molecule has 0 unspecified atom stereocenters. The molecule has 2 aromatic rings. The van der Waals surface area contributed by atoms with E-state index >= 15 is 0 Å². The lowest BCUT2D eigenvalue weighted by Crippen LogP contribution is -2.34. The van der Waals surface area contributed by atoms with Crippen LogP contribution in [0.5, 0.6) is 0 Å². The lowest BCUT2D eigenvalue weighted by Gasteiger charge is -2.18. The minimum Gasteiger partial charge on any atom is -0.460 e. The maximum atomic E-state index is 12.2. The summed E-state index contributed by atoms with van der Waals surface area (Å²) in [6.07, 6.45) is 3.47. The van der Waals surface area contributed by atoms with Crippen molar-refractivity contribution < 1.29 is 14.3 Å². The summed E-state index contributed by atoms with van der Waals surface area (Å²) in [5.74, 6) is 0.359. The highest BCUT2D eigenvalue weighted by Gasteiger charge is 2.22. The van der Waals surface area contributed by atoms with Gasteiger partial charge in [-0.1, -0.05) is 13.8 Å². The molecular formula is C15H21N7O3. The summed E-state index contributed by atoms with van der Waals surface area (Å²) in [5.41, 5.74) is 0. The fourth-order valence-corrected chi connectivity index (χ4v) is 2.10. The van der Waals surface area contributed by atoms with Gasteiger partial charge in [0.2, 0.25) is 0 Å². The molecule has 0 aliphatic rings. The number of carbonyl (C=O) groups is 2. The Morgan fingerprint density at radius 1 is 1.36 bits per heavy atom. The van der Waals surface area contributed by atoms with Crippen LogP contribution in [0.3, 0.4) is 0 Å². The number of H-pyrrole nitrogens is 1. The van der Waals surface area contributed by atoms with Crippen molar-refractivity contribution >= 4 is 17.8 Å². The molecule has 25 heavy (non-hydrogen) atoms. The average Bonchev–Trinajstić information content (AvgIpc) is 3.05. The van der Waals surface area contributed by atoms with Gasteiger partial charge >= 0.3 is 12.0 Å². The molecule has 3 N–H and O–H groups in total. The van der Waals surface area contributed by atoms with Crippen molar-refractivity contribution in [3.05, 3.63) is 30.2 Å². The first-order valence-electron chi connectivity index (χ1n) is 7.92. The number of hydrogen-bond acceptors (Lipinski definition) is 7. The third-order valence-electron chi connectivity index (χ3n) is 3.13. The Labute approximate surface area is 144 Å². The van der Waals surface area contributed by atoms with E-state index in [4.69, 9.17) is 4.74 Å². The van der Waals surface area contributed by atoms with Crippen molar-refractivity contribution in [2.75, 3.05) is 11.9 Å². The van der Waals surface area contributed by atoms with Gasteiger partial charge in [0, 0.05) is 6.20 Å².